The molecule has 0 spiro atoms. The first-order chi connectivity index (χ1) is 12.5. The van der Waals surface area contributed by atoms with E-state index in [1.807, 2.05) is 0 Å². The second kappa shape index (κ2) is 9.36. The van der Waals surface area contributed by atoms with Crippen LogP contribution in [0.5, 0.6) is 5.75 Å². The van der Waals surface area contributed by atoms with Crippen molar-refractivity contribution in [1.29, 1.82) is 0 Å². The molecule has 136 valence electrons. The van der Waals surface area contributed by atoms with Gasteiger partial charge in [-0.15, -0.1) is 6.58 Å². The van der Waals surface area contributed by atoms with E-state index < -0.39 is 6.10 Å². The summed E-state index contributed by atoms with van der Waals surface area (Å²) in [6, 6.07) is 12.1. The summed E-state index contributed by atoms with van der Waals surface area (Å²) in [5.74, 6) is -0.686. The summed E-state index contributed by atoms with van der Waals surface area (Å²) >= 11 is 0. The Morgan fingerprint density at radius 3 is 2.54 bits per heavy atom. The third kappa shape index (κ3) is 5.17. The van der Waals surface area contributed by atoms with E-state index in [2.05, 4.69) is 17.2 Å². The lowest BCUT2D eigenvalue weighted by Crippen LogP contribution is -2.33. The van der Waals surface area contributed by atoms with E-state index in [-0.39, 0.29) is 17.6 Å². The molecule has 0 aliphatic rings. The lowest BCUT2D eigenvalue weighted by molar-refractivity contribution is -0.122. The van der Waals surface area contributed by atoms with Crippen molar-refractivity contribution < 1.29 is 18.7 Å². The number of para-hydroxylation sites is 1. The predicted octanol–water partition coefficient (Wildman–Crippen LogP) is 3.54. The fourth-order valence-electron chi connectivity index (χ4n) is 2.26. The van der Waals surface area contributed by atoms with Gasteiger partial charge in [0.2, 0.25) is 0 Å². The third-order valence-corrected chi connectivity index (χ3v) is 3.59. The van der Waals surface area contributed by atoms with Crippen LogP contribution in [0.3, 0.4) is 0 Å². The van der Waals surface area contributed by atoms with Crippen LogP contribution in [0.1, 0.15) is 23.7 Å². The van der Waals surface area contributed by atoms with Gasteiger partial charge in [0, 0.05) is 6.54 Å². The van der Waals surface area contributed by atoms with Crippen LogP contribution in [0.4, 0.5) is 10.1 Å². The zero-order valence-electron chi connectivity index (χ0n) is 14.5. The Bertz CT molecular complexity index is 775. The molecule has 2 rings (SSSR count). The molecule has 26 heavy (non-hydrogen) atoms. The number of benzene rings is 2. The fourth-order valence-corrected chi connectivity index (χ4v) is 2.26. The molecular formula is C20H21FN2O3. The highest BCUT2D eigenvalue weighted by Gasteiger charge is 2.21. The molecule has 0 aliphatic carbocycles. The van der Waals surface area contributed by atoms with Crippen molar-refractivity contribution >= 4 is 17.5 Å². The normalized spacial score (nSPS) is 11.3. The molecule has 0 bridgehead atoms. The van der Waals surface area contributed by atoms with E-state index >= 15 is 0 Å². The number of anilines is 1. The number of ether oxygens (including phenoxy) is 1. The molecule has 2 aromatic carbocycles. The van der Waals surface area contributed by atoms with E-state index in [0.29, 0.717) is 30.0 Å². The van der Waals surface area contributed by atoms with Crippen LogP contribution in [-0.4, -0.2) is 24.5 Å². The first-order valence-electron chi connectivity index (χ1n) is 8.26. The molecule has 5 nitrogen and oxygen atoms in total. The molecule has 2 amide bonds. The van der Waals surface area contributed by atoms with Crippen LogP contribution in [-0.2, 0) is 4.79 Å². The van der Waals surface area contributed by atoms with Gasteiger partial charge in [0.15, 0.2) is 6.10 Å². The summed E-state index contributed by atoms with van der Waals surface area (Å²) in [6.07, 6.45) is 1.21. The molecule has 0 unspecified atom stereocenters. The molecule has 0 aliphatic heterocycles. The van der Waals surface area contributed by atoms with E-state index in [0.717, 1.165) is 0 Å². The van der Waals surface area contributed by atoms with E-state index in [9.17, 15) is 14.0 Å². The van der Waals surface area contributed by atoms with E-state index in [1.54, 1.807) is 37.3 Å². The molecule has 1 atom stereocenters. The van der Waals surface area contributed by atoms with Gasteiger partial charge < -0.3 is 15.4 Å². The Morgan fingerprint density at radius 2 is 1.88 bits per heavy atom. The maximum atomic E-state index is 13.0. The number of nitrogens with one attached hydrogen (secondary N) is 2. The zero-order chi connectivity index (χ0) is 18.9. The van der Waals surface area contributed by atoms with E-state index in [4.69, 9.17) is 4.74 Å². The minimum absolute atomic E-state index is 0.312. The minimum Gasteiger partial charge on any atom is -0.481 e. The highest BCUT2D eigenvalue weighted by Crippen LogP contribution is 2.18. The minimum atomic E-state index is -0.773. The first-order valence-corrected chi connectivity index (χ1v) is 8.26. The standard InChI is InChI=1S/C20H21FN2O3/c1-3-13-22-19(24)16-7-5-6-8-17(16)23-20(25)18(4-2)26-15-11-9-14(21)10-12-15/h3,5-12,18H,1,4,13H2,2H3,(H,22,24)(H,23,25)/t18-/m0/s1. The average molecular weight is 356 g/mol. The Labute approximate surface area is 151 Å². The molecule has 2 N–H and O–H groups in total. The van der Waals surface area contributed by atoms with Gasteiger partial charge in [0.1, 0.15) is 11.6 Å². The number of carbonyl (C=O) groups is 2. The number of halogens is 1. The second-order valence-corrected chi connectivity index (χ2v) is 5.50. The lowest BCUT2D eigenvalue weighted by Gasteiger charge is -2.18. The second-order valence-electron chi connectivity index (χ2n) is 5.50. The quantitative estimate of drug-likeness (QED) is 0.711. The van der Waals surface area contributed by atoms with Crippen LogP contribution < -0.4 is 15.4 Å². The maximum Gasteiger partial charge on any atom is 0.265 e. The average Bonchev–Trinajstić information content (AvgIpc) is 2.66. The van der Waals surface area contributed by atoms with Crippen LogP contribution in [0.15, 0.2) is 61.2 Å². The molecule has 0 radical (unpaired) electrons. The largest absolute Gasteiger partial charge is 0.481 e. The number of rotatable bonds is 8. The van der Waals surface area contributed by atoms with Crippen LogP contribution in [0, 0.1) is 5.82 Å². The van der Waals surface area contributed by atoms with Crippen LogP contribution in [0.25, 0.3) is 0 Å². The summed E-state index contributed by atoms with van der Waals surface area (Å²) in [5, 5.41) is 5.40. The predicted molar refractivity (Wildman–Crippen MR) is 98.7 cm³/mol. The van der Waals surface area contributed by atoms with Crippen molar-refractivity contribution in [2.24, 2.45) is 0 Å². The molecule has 0 saturated heterocycles. The summed E-state index contributed by atoms with van der Waals surface area (Å²) < 4.78 is 18.6. The molecular weight excluding hydrogens is 335 g/mol. The molecule has 0 saturated carbocycles. The van der Waals surface area contributed by atoms with Gasteiger partial charge in [0.05, 0.1) is 11.3 Å². The summed E-state index contributed by atoms with van der Waals surface area (Å²) in [4.78, 5) is 24.7. The van der Waals surface area contributed by atoms with Crippen LogP contribution in [0.2, 0.25) is 0 Å². The molecule has 0 heterocycles. The smallest absolute Gasteiger partial charge is 0.265 e. The molecule has 6 heteroatoms. The van der Waals surface area contributed by atoms with Crippen molar-refractivity contribution in [2.45, 2.75) is 19.4 Å². The topological polar surface area (TPSA) is 67.4 Å². The highest BCUT2D eigenvalue weighted by atomic mass is 19.1. The van der Waals surface area contributed by atoms with Crippen molar-refractivity contribution in [3.63, 3.8) is 0 Å². The van der Waals surface area contributed by atoms with Crippen molar-refractivity contribution in [1.82, 2.24) is 5.32 Å². The van der Waals surface area contributed by atoms with Gasteiger partial charge in [-0.25, -0.2) is 4.39 Å². The van der Waals surface area contributed by atoms with Crippen molar-refractivity contribution in [3.05, 3.63) is 72.6 Å². The van der Waals surface area contributed by atoms with Crippen molar-refractivity contribution in [3.8, 4) is 5.75 Å². The summed E-state index contributed by atoms with van der Waals surface area (Å²) in [6.45, 7) is 5.68. The highest BCUT2D eigenvalue weighted by molar-refractivity contribution is 6.04. The number of hydrogen-bond acceptors (Lipinski definition) is 3. The van der Waals surface area contributed by atoms with Gasteiger partial charge >= 0.3 is 0 Å². The zero-order valence-corrected chi connectivity index (χ0v) is 14.5. The van der Waals surface area contributed by atoms with Crippen LogP contribution >= 0.6 is 0 Å². The number of hydrogen-bond donors (Lipinski definition) is 2. The maximum absolute atomic E-state index is 13.0. The SMILES string of the molecule is C=CCNC(=O)c1ccccc1NC(=O)[C@H](CC)Oc1ccc(F)cc1. The Hall–Kier alpha value is -3.15. The van der Waals surface area contributed by atoms with Gasteiger partial charge in [-0.3, -0.25) is 9.59 Å². The molecule has 0 fully saturated rings. The number of amides is 2. The Morgan fingerprint density at radius 1 is 1.19 bits per heavy atom. The molecule has 0 aromatic heterocycles. The monoisotopic (exact) mass is 356 g/mol. The first kappa shape index (κ1) is 19.2. The molecule has 2 aromatic rings. The summed E-state index contributed by atoms with van der Waals surface area (Å²) in [5.41, 5.74) is 0.736. The van der Waals surface area contributed by atoms with Gasteiger partial charge in [-0.05, 0) is 42.8 Å². The van der Waals surface area contributed by atoms with Gasteiger partial charge in [-0.2, -0.15) is 0 Å². The number of carbonyl (C=O) groups excluding carboxylic acids is 2. The Kier molecular flexibility index (Phi) is 6.91. The fraction of sp³-hybridized carbons (Fsp3) is 0.200. The Balaban J connectivity index is 2.11. The lowest BCUT2D eigenvalue weighted by atomic mass is 10.1. The van der Waals surface area contributed by atoms with Gasteiger partial charge in [-0.1, -0.05) is 25.1 Å². The third-order valence-electron chi connectivity index (χ3n) is 3.59. The van der Waals surface area contributed by atoms with Crippen molar-refractivity contribution in [2.75, 3.05) is 11.9 Å². The van der Waals surface area contributed by atoms with E-state index in [1.165, 1.54) is 24.3 Å². The summed E-state index contributed by atoms with van der Waals surface area (Å²) in [7, 11) is 0. The van der Waals surface area contributed by atoms with Gasteiger partial charge in [0.25, 0.3) is 11.8 Å².